The van der Waals surface area contributed by atoms with Crippen molar-refractivity contribution in [2.45, 2.75) is 33.1 Å². The summed E-state index contributed by atoms with van der Waals surface area (Å²) in [6.07, 6.45) is 5.59. The van der Waals surface area contributed by atoms with Crippen LogP contribution in [0.15, 0.2) is 110 Å². The highest BCUT2D eigenvalue weighted by molar-refractivity contribution is 6.36. The third-order valence-corrected chi connectivity index (χ3v) is 10.5. The molecular weight excluding hydrogens is 666 g/mol. The van der Waals surface area contributed by atoms with Crippen molar-refractivity contribution < 1.29 is 4.74 Å². The number of nitrogens with zero attached hydrogens (tertiary/aromatic N) is 7. The molecule has 1 saturated heterocycles. The minimum Gasteiger partial charge on any atom is -0.378 e. The number of halogens is 1. The van der Waals surface area contributed by atoms with Gasteiger partial charge in [0.2, 0.25) is 0 Å². The van der Waals surface area contributed by atoms with E-state index in [2.05, 4.69) is 81.9 Å². The Kier molecular flexibility index (Phi) is 9.03. The van der Waals surface area contributed by atoms with E-state index in [1.54, 1.807) is 6.20 Å². The Morgan fingerprint density at radius 2 is 1.27 bits per heavy atom. The van der Waals surface area contributed by atoms with Crippen LogP contribution in [0.25, 0.3) is 44.6 Å². The van der Waals surface area contributed by atoms with E-state index in [-0.39, 0.29) is 5.41 Å². The van der Waals surface area contributed by atoms with Crippen LogP contribution in [0.4, 0.5) is 17.1 Å². The summed E-state index contributed by atoms with van der Waals surface area (Å²) >= 11 is 6.40. The van der Waals surface area contributed by atoms with Crippen molar-refractivity contribution in [1.29, 1.82) is 0 Å². The lowest BCUT2D eigenvalue weighted by molar-refractivity contribution is 0.122. The average molecular weight is 706 g/mol. The predicted octanol–water partition coefficient (Wildman–Crippen LogP) is 9.52. The summed E-state index contributed by atoms with van der Waals surface area (Å²) in [5.74, 6) is 0. The number of rotatable bonds is 4. The topological polar surface area (TPSA) is 80.2 Å². The van der Waals surface area contributed by atoms with E-state index in [4.69, 9.17) is 26.3 Å². The smallest absolute Gasteiger partial charge is 0.161 e. The Hall–Kier alpha value is -5.44. The zero-order valence-corrected chi connectivity index (χ0v) is 30.6. The lowest BCUT2D eigenvalue weighted by Gasteiger charge is -2.30. The van der Waals surface area contributed by atoms with Gasteiger partial charge in [-0.1, -0.05) is 86.1 Å². The van der Waals surface area contributed by atoms with Crippen LogP contribution in [0, 0.1) is 13.8 Å². The molecule has 260 valence electrons. The molecule has 2 aromatic carbocycles. The number of aromatic nitrogens is 5. The molecule has 9 rings (SSSR count). The highest BCUT2D eigenvalue weighted by Gasteiger charge is 2.39. The monoisotopic (exact) mass is 705 g/mol. The van der Waals surface area contributed by atoms with Crippen LogP contribution in [-0.4, -0.2) is 57.8 Å². The van der Waals surface area contributed by atoms with Crippen LogP contribution >= 0.6 is 11.6 Å². The number of benzene rings is 2. The first kappa shape index (κ1) is 33.7. The van der Waals surface area contributed by atoms with Gasteiger partial charge >= 0.3 is 0 Å². The van der Waals surface area contributed by atoms with Crippen LogP contribution in [-0.2, 0) is 10.2 Å². The summed E-state index contributed by atoms with van der Waals surface area (Å²) in [5.41, 5.74) is 12.2. The first-order valence-electron chi connectivity index (χ1n) is 17.7. The molecule has 0 unspecified atom stereocenters. The van der Waals surface area contributed by atoms with Crippen molar-refractivity contribution in [3.63, 3.8) is 0 Å². The Morgan fingerprint density at radius 1 is 0.692 bits per heavy atom. The van der Waals surface area contributed by atoms with Gasteiger partial charge in [0.25, 0.3) is 0 Å². The molecule has 2 aliphatic rings. The van der Waals surface area contributed by atoms with E-state index in [0.29, 0.717) is 5.65 Å². The number of fused-ring (bicyclic) bond motifs is 3. The maximum absolute atomic E-state index is 6.40. The lowest BCUT2D eigenvalue weighted by atomic mass is 9.91. The highest BCUT2D eigenvalue weighted by atomic mass is 35.5. The Bertz CT molecular complexity index is 2400. The molecule has 8 nitrogen and oxygen atoms in total. The maximum atomic E-state index is 6.40. The molecule has 1 fully saturated rings. The van der Waals surface area contributed by atoms with Crippen LogP contribution in [0.1, 0.15) is 30.7 Å². The molecule has 2 aliphatic heterocycles. The standard InChI is InChI=1S/C28H29N5O.C15H11ClN2/c1-19-24(20-8-5-4-6-9-20)31-27-22(10-7-11-29-27)25(19)33-18-28(2,3)26-23(33)16-21(17-30-26)32-12-14-34-15-13-32;1-10-13(16)12-8-5-9-17-15(12)18-14(10)11-6-3-2-4-7-11/h4-11,16-17H,12-15,18H2,1-3H3;2-9H,1H3. The SMILES string of the molecule is Cc1c(-c2ccccc2)nc2ncccc2c1Cl.Cc1c(-c2ccccc2)nc2ncccc2c1N1CC(C)(C)c2ncc(N3CCOCC3)cc21. The summed E-state index contributed by atoms with van der Waals surface area (Å²) in [5, 5.41) is 2.70. The fraction of sp³-hybridized carbons (Fsp3) is 0.233. The van der Waals surface area contributed by atoms with Crippen LogP contribution in [0.2, 0.25) is 5.02 Å². The molecule has 0 amide bonds. The molecule has 0 saturated carbocycles. The molecule has 0 N–H and O–H groups in total. The average Bonchev–Trinajstić information content (AvgIpc) is 3.46. The summed E-state index contributed by atoms with van der Waals surface area (Å²) in [6, 6.07) is 30.7. The number of hydrogen-bond donors (Lipinski definition) is 0. The molecule has 5 aromatic heterocycles. The van der Waals surface area contributed by atoms with E-state index < -0.39 is 0 Å². The molecule has 52 heavy (non-hydrogen) atoms. The van der Waals surface area contributed by atoms with Crippen molar-refractivity contribution in [3.05, 3.63) is 131 Å². The van der Waals surface area contributed by atoms with Gasteiger partial charge in [0.15, 0.2) is 11.3 Å². The highest BCUT2D eigenvalue weighted by Crippen LogP contribution is 2.48. The van der Waals surface area contributed by atoms with Crippen molar-refractivity contribution in [1.82, 2.24) is 24.9 Å². The van der Waals surface area contributed by atoms with Crippen molar-refractivity contribution in [2.75, 3.05) is 42.6 Å². The molecule has 0 spiro atoms. The molecule has 9 heteroatoms. The predicted molar refractivity (Wildman–Crippen MR) is 212 cm³/mol. The number of ether oxygens (including phenoxy) is 1. The van der Waals surface area contributed by atoms with Gasteiger partial charge in [-0.15, -0.1) is 0 Å². The number of pyridine rings is 5. The lowest BCUT2D eigenvalue weighted by Crippen LogP contribution is -2.36. The van der Waals surface area contributed by atoms with Gasteiger partial charge in [0.05, 0.1) is 58.6 Å². The van der Waals surface area contributed by atoms with E-state index in [0.717, 1.165) is 99.3 Å². The van der Waals surface area contributed by atoms with Crippen LogP contribution in [0.5, 0.6) is 0 Å². The first-order valence-corrected chi connectivity index (χ1v) is 18.1. The molecule has 0 aliphatic carbocycles. The van der Waals surface area contributed by atoms with Gasteiger partial charge < -0.3 is 14.5 Å². The fourth-order valence-corrected chi connectivity index (χ4v) is 7.59. The molecule has 0 radical (unpaired) electrons. The zero-order chi connectivity index (χ0) is 35.8. The zero-order valence-electron chi connectivity index (χ0n) is 29.8. The van der Waals surface area contributed by atoms with E-state index >= 15 is 0 Å². The van der Waals surface area contributed by atoms with Crippen molar-refractivity contribution in [3.8, 4) is 22.5 Å². The van der Waals surface area contributed by atoms with Gasteiger partial charge in [0, 0.05) is 59.3 Å². The van der Waals surface area contributed by atoms with Gasteiger partial charge in [-0.05, 0) is 55.3 Å². The normalized spacial score (nSPS) is 15.0. The largest absolute Gasteiger partial charge is 0.378 e. The third kappa shape index (κ3) is 6.22. The maximum Gasteiger partial charge on any atom is 0.161 e. The molecule has 0 atom stereocenters. The summed E-state index contributed by atoms with van der Waals surface area (Å²) in [6.45, 7) is 12.9. The van der Waals surface area contributed by atoms with Crippen LogP contribution < -0.4 is 9.80 Å². The van der Waals surface area contributed by atoms with Crippen LogP contribution in [0.3, 0.4) is 0 Å². The molecule has 7 heterocycles. The minimum absolute atomic E-state index is 0.0734. The van der Waals surface area contributed by atoms with E-state index in [1.165, 1.54) is 11.4 Å². The van der Waals surface area contributed by atoms with Gasteiger partial charge in [-0.3, -0.25) is 4.98 Å². The van der Waals surface area contributed by atoms with Crippen molar-refractivity contribution >= 4 is 50.7 Å². The summed E-state index contributed by atoms with van der Waals surface area (Å²) in [7, 11) is 0. The molecule has 0 bridgehead atoms. The molecular formula is C43H40ClN7O. The number of morpholine rings is 1. The Labute approximate surface area is 309 Å². The number of hydrogen-bond acceptors (Lipinski definition) is 8. The Balaban J connectivity index is 0.000000181. The van der Waals surface area contributed by atoms with Gasteiger partial charge in [-0.25, -0.2) is 19.9 Å². The Morgan fingerprint density at radius 3 is 1.90 bits per heavy atom. The minimum atomic E-state index is -0.0734. The van der Waals surface area contributed by atoms with E-state index in [9.17, 15) is 0 Å². The van der Waals surface area contributed by atoms with Gasteiger partial charge in [-0.2, -0.15) is 0 Å². The summed E-state index contributed by atoms with van der Waals surface area (Å²) in [4.78, 5) is 28.3. The second kappa shape index (κ2) is 13.9. The second-order valence-electron chi connectivity index (χ2n) is 13.9. The fourth-order valence-electron chi connectivity index (χ4n) is 7.35. The third-order valence-electron chi connectivity index (χ3n) is 9.97. The number of anilines is 3. The second-order valence-corrected chi connectivity index (χ2v) is 14.3. The first-order chi connectivity index (χ1) is 25.3. The van der Waals surface area contributed by atoms with E-state index in [1.807, 2.05) is 73.9 Å². The summed E-state index contributed by atoms with van der Waals surface area (Å²) < 4.78 is 5.57. The van der Waals surface area contributed by atoms with Crippen molar-refractivity contribution in [2.24, 2.45) is 0 Å². The molecule has 7 aromatic rings. The van der Waals surface area contributed by atoms with Gasteiger partial charge in [0.1, 0.15) is 0 Å². The quantitative estimate of drug-likeness (QED) is 0.179.